The van der Waals surface area contributed by atoms with Gasteiger partial charge in [0.05, 0.1) is 0 Å². The van der Waals surface area contributed by atoms with Crippen LogP contribution in [0.3, 0.4) is 0 Å². The Labute approximate surface area is 93.6 Å². The third-order valence-electron chi connectivity index (χ3n) is 1.54. The summed E-state index contributed by atoms with van der Waals surface area (Å²) in [5.74, 6) is 0. The summed E-state index contributed by atoms with van der Waals surface area (Å²) in [7, 11) is 11.9. The van der Waals surface area contributed by atoms with Crippen LogP contribution in [0.25, 0.3) is 0 Å². The van der Waals surface area contributed by atoms with Crippen LogP contribution in [0.2, 0.25) is 0 Å². The first-order chi connectivity index (χ1) is 6.12. The molecule has 0 spiro atoms. The van der Waals surface area contributed by atoms with Gasteiger partial charge in [-0.15, -0.1) is 0 Å². The molecule has 0 amide bonds. The number of hydrogen-bond donors (Lipinski definition) is 0. The molecule has 0 rings (SSSR count). The predicted octanol–water partition coefficient (Wildman–Crippen LogP) is 3.91. The molecule has 0 heterocycles. The third-order valence-corrected chi connectivity index (χ3v) is 8.99. The van der Waals surface area contributed by atoms with Crippen LogP contribution in [0.4, 0.5) is 0 Å². The number of rotatable bonds is 8. The monoisotopic (exact) mass is 396 g/mol. The molecule has 0 aliphatic heterocycles. The van der Waals surface area contributed by atoms with Crippen LogP contribution in [0.1, 0.15) is 39.5 Å². The summed E-state index contributed by atoms with van der Waals surface area (Å²) >= 11 is -3.66. The van der Waals surface area contributed by atoms with Gasteiger partial charge in [0, 0.05) is 0 Å². The topological polar surface area (TPSA) is 18.5 Å². The first-order valence-corrected chi connectivity index (χ1v) is 16.6. The van der Waals surface area contributed by atoms with Crippen molar-refractivity contribution in [1.29, 1.82) is 0 Å². The van der Waals surface area contributed by atoms with Crippen molar-refractivity contribution in [1.82, 2.24) is 0 Å². The summed E-state index contributed by atoms with van der Waals surface area (Å²) in [6.45, 7) is 5.47. The van der Waals surface area contributed by atoms with Crippen molar-refractivity contribution in [3.63, 3.8) is 0 Å². The standard InChI is InChI=1S/2C4H9O.2ClH.Hf/c2*1-2-3-4-5;;;/h2*2-4H2,1H3;2*1H;/q2*-1;;;+4/p-2. The summed E-state index contributed by atoms with van der Waals surface area (Å²) in [6, 6.07) is 0. The SMILES string of the molecule is CCCC[O][Hf]([Cl])([Cl])[O]CCCC. The van der Waals surface area contributed by atoms with Crippen molar-refractivity contribution in [3.05, 3.63) is 0 Å². The van der Waals surface area contributed by atoms with Gasteiger partial charge in [-0.3, -0.25) is 0 Å². The second kappa shape index (κ2) is 8.66. The van der Waals surface area contributed by atoms with Crippen LogP contribution < -0.4 is 0 Å². The summed E-state index contributed by atoms with van der Waals surface area (Å²) in [5.41, 5.74) is 0. The number of halogens is 2. The van der Waals surface area contributed by atoms with Crippen LogP contribution >= 0.6 is 17.2 Å². The summed E-state index contributed by atoms with van der Waals surface area (Å²) in [4.78, 5) is 0. The molecule has 0 aromatic heterocycles. The average molecular weight is 396 g/mol. The molecular weight excluding hydrogens is 377 g/mol. The van der Waals surface area contributed by atoms with Gasteiger partial charge in [0.25, 0.3) is 0 Å². The van der Waals surface area contributed by atoms with Crippen molar-refractivity contribution >= 4 is 17.2 Å². The molecule has 0 saturated carbocycles. The summed E-state index contributed by atoms with van der Waals surface area (Å²) < 4.78 is 10.7. The van der Waals surface area contributed by atoms with Gasteiger partial charge in [-0.2, -0.15) is 0 Å². The van der Waals surface area contributed by atoms with Gasteiger partial charge >= 0.3 is 94.1 Å². The number of unbranched alkanes of at least 4 members (excludes halogenated alkanes) is 2. The zero-order valence-electron chi connectivity index (χ0n) is 8.32. The Kier molecular flexibility index (Phi) is 9.57. The fourth-order valence-electron chi connectivity index (χ4n) is 0.712. The zero-order chi connectivity index (χ0) is 10.2. The predicted molar refractivity (Wildman–Crippen MR) is 53.4 cm³/mol. The van der Waals surface area contributed by atoms with E-state index in [0.29, 0.717) is 13.2 Å². The molecule has 0 aliphatic rings. The fourth-order valence-corrected chi connectivity index (χ4v) is 6.28. The second-order valence-electron chi connectivity index (χ2n) is 2.87. The maximum atomic E-state index is 5.95. The van der Waals surface area contributed by atoms with Gasteiger partial charge in [0.2, 0.25) is 0 Å². The number of hydrogen-bond acceptors (Lipinski definition) is 2. The minimum absolute atomic E-state index is 0.636. The molecule has 13 heavy (non-hydrogen) atoms. The van der Waals surface area contributed by atoms with E-state index in [1.807, 2.05) is 0 Å². The van der Waals surface area contributed by atoms with Crippen molar-refractivity contribution in [2.45, 2.75) is 39.5 Å². The van der Waals surface area contributed by atoms with Gasteiger partial charge < -0.3 is 0 Å². The fraction of sp³-hybridized carbons (Fsp3) is 1.00. The molecular formula is C8H18Cl2HfO2. The Morgan fingerprint density at radius 1 is 0.923 bits per heavy atom. The van der Waals surface area contributed by atoms with E-state index in [4.69, 9.17) is 22.9 Å². The molecule has 5 heteroatoms. The third kappa shape index (κ3) is 9.67. The summed E-state index contributed by atoms with van der Waals surface area (Å²) in [5, 5.41) is 0. The van der Waals surface area contributed by atoms with Gasteiger partial charge in [-0.1, -0.05) is 0 Å². The molecule has 0 atom stereocenters. The maximum absolute atomic E-state index is 5.95. The molecule has 2 nitrogen and oxygen atoms in total. The molecule has 0 radical (unpaired) electrons. The zero-order valence-corrected chi connectivity index (χ0v) is 13.4. The second-order valence-corrected chi connectivity index (χ2v) is 18.0. The Hall–Kier alpha value is 1.37. The van der Waals surface area contributed by atoms with E-state index in [9.17, 15) is 0 Å². The molecule has 0 unspecified atom stereocenters. The summed E-state index contributed by atoms with van der Waals surface area (Å²) in [6.07, 6.45) is 4.18. The molecule has 0 aliphatic carbocycles. The quantitative estimate of drug-likeness (QED) is 0.458. The van der Waals surface area contributed by atoms with Gasteiger partial charge in [0.1, 0.15) is 0 Å². The molecule has 0 fully saturated rings. The molecule has 0 saturated heterocycles. The van der Waals surface area contributed by atoms with Crippen molar-refractivity contribution in [2.24, 2.45) is 0 Å². The van der Waals surface area contributed by atoms with Crippen LogP contribution in [0.5, 0.6) is 0 Å². The van der Waals surface area contributed by atoms with E-state index >= 15 is 0 Å². The van der Waals surface area contributed by atoms with E-state index in [1.54, 1.807) is 0 Å². The van der Waals surface area contributed by atoms with E-state index in [0.717, 1.165) is 25.7 Å². The van der Waals surface area contributed by atoms with Crippen LogP contribution in [-0.2, 0) is 24.2 Å². The van der Waals surface area contributed by atoms with E-state index in [2.05, 4.69) is 13.8 Å². The first kappa shape index (κ1) is 14.4. The molecule has 80 valence electrons. The molecule has 0 aromatic rings. The molecule has 0 N–H and O–H groups in total. The van der Waals surface area contributed by atoms with Crippen LogP contribution in [-0.4, -0.2) is 13.2 Å². The van der Waals surface area contributed by atoms with Crippen molar-refractivity contribution < 1.29 is 24.2 Å². The Bertz CT molecular complexity index is 111. The van der Waals surface area contributed by atoms with Gasteiger partial charge in [-0.25, -0.2) is 0 Å². The Morgan fingerprint density at radius 3 is 1.62 bits per heavy atom. The first-order valence-electron chi connectivity index (χ1n) is 4.78. The molecule has 0 aromatic carbocycles. The van der Waals surface area contributed by atoms with Crippen molar-refractivity contribution in [2.75, 3.05) is 13.2 Å². The Morgan fingerprint density at radius 2 is 1.31 bits per heavy atom. The van der Waals surface area contributed by atoms with Crippen molar-refractivity contribution in [3.8, 4) is 0 Å². The normalized spacial score (nSPS) is 12.0. The van der Waals surface area contributed by atoms with Crippen LogP contribution in [0, 0.1) is 0 Å². The van der Waals surface area contributed by atoms with E-state index in [1.165, 1.54) is 0 Å². The van der Waals surface area contributed by atoms with E-state index in [-0.39, 0.29) is 0 Å². The van der Waals surface area contributed by atoms with Gasteiger partial charge in [0.15, 0.2) is 0 Å². The van der Waals surface area contributed by atoms with Gasteiger partial charge in [-0.05, 0) is 0 Å². The Balaban J connectivity index is 3.42. The van der Waals surface area contributed by atoms with Crippen LogP contribution in [0.15, 0.2) is 0 Å². The van der Waals surface area contributed by atoms with E-state index < -0.39 is 18.5 Å². The minimum atomic E-state index is -3.66. The molecule has 0 bridgehead atoms. The average Bonchev–Trinajstić information content (AvgIpc) is 2.05.